The van der Waals surface area contributed by atoms with Gasteiger partial charge in [0, 0.05) is 11.0 Å². The van der Waals surface area contributed by atoms with E-state index >= 15 is 0 Å². The quantitative estimate of drug-likeness (QED) is 0.511. The third-order valence-electron chi connectivity index (χ3n) is 0.682. The maximum Gasteiger partial charge on any atom is 0.0102 e. The maximum atomic E-state index is 4.15. The number of hydrogen-bond donors (Lipinski definition) is 2. The van der Waals surface area contributed by atoms with E-state index in [1.165, 1.54) is 0 Å². The van der Waals surface area contributed by atoms with Crippen LogP contribution in [0.4, 0.5) is 0 Å². The fourth-order valence-corrected chi connectivity index (χ4v) is 0.387. The van der Waals surface area contributed by atoms with Crippen molar-refractivity contribution in [2.24, 2.45) is 0 Å². The van der Waals surface area contributed by atoms with Crippen LogP contribution >= 0.6 is 25.3 Å². The van der Waals surface area contributed by atoms with Crippen molar-refractivity contribution in [1.82, 2.24) is 0 Å². The van der Waals surface area contributed by atoms with Crippen LogP contribution in [0.15, 0.2) is 0 Å². The van der Waals surface area contributed by atoms with Crippen LogP contribution in [0, 0.1) is 0 Å². The summed E-state index contributed by atoms with van der Waals surface area (Å²) in [4.78, 5) is 0. The van der Waals surface area contributed by atoms with Crippen molar-refractivity contribution in [3.63, 3.8) is 0 Å². The lowest BCUT2D eigenvalue weighted by molar-refractivity contribution is 0.926. The van der Waals surface area contributed by atoms with Crippen LogP contribution in [0.3, 0.4) is 0 Å². The van der Waals surface area contributed by atoms with Crippen LogP contribution in [-0.4, -0.2) is 11.0 Å². The first-order valence-corrected chi connectivity index (χ1v) is 3.25. The highest BCUT2D eigenvalue weighted by atomic mass is 32.1. The molecular weight excluding hydrogens is 112 g/mol. The second-order valence-corrected chi connectivity index (χ2v) is 2.34. The van der Waals surface area contributed by atoms with Gasteiger partial charge in [-0.2, -0.15) is 25.3 Å². The van der Waals surface area contributed by atoms with E-state index in [0.717, 1.165) is 12.2 Å². The SMILES string of the molecule is CC[C@@H](S)CS. The van der Waals surface area contributed by atoms with Gasteiger partial charge in [-0.05, 0) is 6.42 Å². The zero-order chi connectivity index (χ0) is 4.99. The van der Waals surface area contributed by atoms with Gasteiger partial charge in [-0.25, -0.2) is 0 Å². The maximum absolute atomic E-state index is 4.15. The number of rotatable bonds is 2. The lowest BCUT2D eigenvalue weighted by atomic mass is 10.4. The fourth-order valence-electron chi connectivity index (χ4n) is 0.129. The number of thiol groups is 2. The largest absolute Gasteiger partial charge is 0.178 e. The van der Waals surface area contributed by atoms with Gasteiger partial charge in [-0.15, -0.1) is 0 Å². The molecule has 0 aromatic heterocycles. The summed E-state index contributed by atoms with van der Waals surface area (Å²) in [5, 5.41) is 0.494. The normalized spacial score (nSPS) is 14.5. The Morgan fingerprint density at radius 3 is 2.17 bits per heavy atom. The van der Waals surface area contributed by atoms with Crippen LogP contribution < -0.4 is 0 Å². The van der Waals surface area contributed by atoms with Gasteiger partial charge in [0.15, 0.2) is 0 Å². The first kappa shape index (κ1) is 6.70. The van der Waals surface area contributed by atoms with Crippen LogP contribution in [0.1, 0.15) is 13.3 Å². The summed E-state index contributed by atoms with van der Waals surface area (Å²) in [6.07, 6.45) is 1.12. The van der Waals surface area contributed by atoms with Gasteiger partial charge >= 0.3 is 0 Å². The van der Waals surface area contributed by atoms with Crippen molar-refractivity contribution in [2.45, 2.75) is 18.6 Å². The Labute approximate surface area is 50.1 Å². The van der Waals surface area contributed by atoms with E-state index in [1.54, 1.807) is 0 Å². The van der Waals surface area contributed by atoms with E-state index in [-0.39, 0.29) is 0 Å². The zero-order valence-corrected chi connectivity index (χ0v) is 5.67. The third kappa shape index (κ3) is 2.91. The molecule has 0 nitrogen and oxygen atoms in total. The fraction of sp³-hybridized carbons (Fsp3) is 1.00. The van der Waals surface area contributed by atoms with Crippen LogP contribution in [-0.2, 0) is 0 Å². The summed E-state index contributed by atoms with van der Waals surface area (Å²) in [7, 11) is 0. The summed E-state index contributed by atoms with van der Waals surface area (Å²) in [6.45, 7) is 2.11. The molecule has 38 valence electrons. The molecule has 2 heteroatoms. The Morgan fingerprint density at radius 1 is 1.67 bits per heavy atom. The predicted octanol–water partition coefficient (Wildman–Crippen LogP) is 1.62. The molecule has 0 bridgehead atoms. The molecule has 0 aliphatic rings. The highest BCUT2D eigenvalue weighted by Gasteiger charge is 1.90. The first-order valence-electron chi connectivity index (χ1n) is 2.10. The van der Waals surface area contributed by atoms with Gasteiger partial charge in [0.2, 0.25) is 0 Å². The Bertz CT molecular complexity index is 24.7. The van der Waals surface area contributed by atoms with Gasteiger partial charge in [-0.3, -0.25) is 0 Å². The van der Waals surface area contributed by atoms with E-state index in [1.807, 2.05) is 0 Å². The van der Waals surface area contributed by atoms with Crippen molar-refractivity contribution in [1.29, 1.82) is 0 Å². The van der Waals surface area contributed by atoms with E-state index < -0.39 is 0 Å². The first-order chi connectivity index (χ1) is 2.81. The molecule has 0 heterocycles. The molecular formula is C4H10S2. The summed E-state index contributed by atoms with van der Waals surface area (Å²) >= 11 is 8.17. The summed E-state index contributed by atoms with van der Waals surface area (Å²) in [6, 6.07) is 0. The lowest BCUT2D eigenvalue weighted by Crippen LogP contribution is -1.95. The lowest BCUT2D eigenvalue weighted by Gasteiger charge is -1.97. The minimum absolute atomic E-state index is 0.494. The molecule has 0 saturated carbocycles. The molecule has 0 spiro atoms. The van der Waals surface area contributed by atoms with Gasteiger partial charge in [0.1, 0.15) is 0 Å². The second kappa shape index (κ2) is 3.88. The smallest absolute Gasteiger partial charge is 0.0102 e. The van der Waals surface area contributed by atoms with Crippen LogP contribution in [0.2, 0.25) is 0 Å². The van der Waals surface area contributed by atoms with E-state index in [2.05, 4.69) is 32.2 Å². The van der Waals surface area contributed by atoms with Crippen molar-refractivity contribution < 1.29 is 0 Å². The molecule has 0 fully saturated rings. The van der Waals surface area contributed by atoms with Gasteiger partial charge in [0.05, 0.1) is 0 Å². The summed E-state index contributed by atoms with van der Waals surface area (Å²) < 4.78 is 0. The van der Waals surface area contributed by atoms with Gasteiger partial charge < -0.3 is 0 Å². The Kier molecular flexibility index (Phi) is 4.33. The summed E-state index contributed by atoms with van der Waals surface area (Å²) in [5.74, 6) is 0.889. The Hall–Kier alpha value is 0.700. The average Bonchev–Trinajstić information content (AvgIpc) is 1.65. The highest BCUT2D eigenvalue weighted by molar-refractivity contribution is 7.84. The molecule has 0 saturated heterocycles. The molecule has 0 aromatic carbocycles. The van der Waals surface area contributed by atoms with Crippen molar-refractivity contribution in [2.75, 3.05) is 5.75 Å². The van der Waals surface area contributed by atoms with Crippen LogP contribution in [0.25, 0.3) is 0 Å². The highest BCUT2D eigenvalue weighted by Crippen LogP contribution is 2.00. The predicted molar refractivity (Wildman–Crippen MR) is 36.9 cm³/mol. The molecule has 0 rings (SSSR count). The topological polar surface area (TPSA) is 0 Å². The monoisotopic (exact) mass is 122 g/mol. The number of hydrogen-bond acceptors (Lipinski definition) is 2. The Balaban J connectivity index is 2.75. The van der Waals surface area contributed by atoms with Gasteiger partial charge in [0.25, 0.3) is 0 Å². The van der Waals surface area contributed by atoms with Crippen molar-refractivity contribution >= 4 is 25.3 Å². The van der Waals surface area contributed by atoms with E-state index in [4.69, 9.17) is 0 Å². The molecule has 0 radical (unpaired) electrons. The Morgan fingerprint density at radius 2 is 2.17 bits per heavy atom. The van der Waals surface area contributed by atoms with Crippen LogP contribution in [0.5, 0.6) is 0 Å². The van der Waals surface area contributed by atoms with E-state index in [9.17, 15) is 0 Å². The van der Waals surface area contributed by atoms with E-state index in [0.29, 0.717) is 5.25 Å². The summed E-state index contributed by atoms with van der Waals surface area (Å²) in [5.41, 5.74) is 0. The molecule has 0 N–H and O–H groups in total. The molecule has 0 aromatic rings. The van der Waals surface area contributed by atoms with Crippen molar-refractivity contribution in [3.05, 3.63) is 0 Å². The molecule has 0 unspecified atom stereocenters. The molecule has 6 heavy (non-hydrogen) atoms. The third-order valence-corrected chi connectivity index (χ3v) is 1.96. The molecule has 1 atom stereocenters. The van der Waals surface area contributed by atoms with Crippen molar-refractivity contribution in [3.8, 4) is 0 Å². The average molecular weight is 122 g/mol. The standard InChI is InChI=1S/C4H10S2/c1-2-4(6)3-5/h4-6H,2-3H2,1H3/t4-/m1/s1. The minimum atomic E-state index is 0.494. The molecule has 0 amide bonds. The second-order valence-electron chi connectivity index (χ2n) is 1.24. The molecule has 0 aliphatic heterocycles. The molecule has 0 aliphatic carbocycles. The van der Waals surface area contributed by atoms with Gasteiger partial charge in [-0.1, -0.05) is 6.92 Å². The minimum Gasteiger partial charge on any atom is -0.178 e. The zero-order valence-electron chi connectivity index (χ0n) is 3.89.